The highest BCUT2D eigenvalue weighted by Crippen LogP contribution is 2.47. The van der Waals surface area contributed by atoms with E-state index in [0.29, 0.717) is 23.9 Å². The lowest BCUT2D eigenvalue weighted by atomic mass is 9.95. The van der Waals surface area contributed by atoms with E-state index < -0.39 is 0 Å². The Kier molecular flexibility index (Phi) is 2.17. The zero-order chi connectivity index (χ0) is 10.5. The standard InChI is InChI=1S/C12H19NO/c1-7(2)9-6-12(14)13(8(3)4)11-5-10(9)11/h6-8,10-11H,5H2,1-4H3/t10-,11?/m0/s1. The van der Waals surface area contributed by atoms with Crippen molar-refractivity contribution in [2.75, 3.05) is 0 Å². The van der Waals surface area contributed by atoms with Gasteiger partial charge in [0, 0.05) is 24.1 Å². The molecule has 2 atom stereocenters. The van der Waals surface area contributed by atoms with Crippen LogP contribution in [0.15, 0.2) is 11.6 Å². The van der Waals surface area contributed by atoms with E-state index in [1.807, 2.05) is 11.0 Å². The van der Waals surface area contributed by atoms with E-state index in [-0.39, 0.29) is 5.91 Å². The van der Waals surface area contributed by atoms with Gasteiger partial charge in [0.25, 0.3) is 0 Å². The molecule has 1 fully saturated rings. The normalized spacial score (nSPS) is 30.9. The minimum atomic E-state index is 0.224. The second kappa shape index (κ2) is 3.11. The number of hydrogen-bond acceptors (Lipinski definition) is 1. The SMILES string of the molecule is CC(C)C1=CC(=O)N(C(C)C)C2C[C@@H]12. The Labute approximate surface area is 86.0 Å². The van der Waals surface area contributed by atoms with Crippen LogP contribution in [0.2, 0.25) is 0 Å². The molecule has 2 aliphatic rings. The van der Waals surface area contributed by atoms with Crippen molar-refractivity contribution in [3.63, 3.8) is 0 Å². The Hall–Kier alpha value is -0.790. The molecule has 0 N–H and O–H groups in total. The quantitative estimate of drug-likeness (QED) is 0.658. The topological polar surface area (TPSA) is 20.3 Å². The predicted molar refractivity (Wildman–Crippen MR) is 56.8 cm³/mol. The fraction of sp³-hybridized carbons (Fsp3) is 0.750. The molecule has 1 amide bonds. The minimum Gasteiger partial charge on any atom is -0.333 e. The molecule has 78 valence electrons. The van der Waals surface area contributed by atoms with Gasteiger partial charge in [-0.25, -0.2) is 0 Å². The Morgan fingerprint density at radius 3 is 2.50 bits per heavy atom. The molecule has 2 nitrogen and oxygen atoms in total. The fourth-order valence-corrected chi connectivity index (χ4v) is 2.57. The van der Waals surface area contributed by atoms with Gasteiger partial charge in [-0.3, -0.25) is 4.79 Å². The van der Waals surface area contributed by atoms with Crippen LogP contribution in [0.1, 0.15) is 34.1 Å². The number of rotatable bonds is 2. The lowest BCUT2D eigenvalue weighted by Crippen LogP contribution is -2.41. The van der Waals surface area contributed by atoms with Crippen LogP contribution in [0.4, 0.5) is 0 Å². The number of fused-ring (bicyclic) bond motifs is 1. The van der Waals surface area contributed by atoms with Gasteiger partial charge >= 0.3 is 0 Å². The van der Waals surface area contributed by atoms with Crippen molar-refractivity contribution in [1.29, 1.82) is 0 Å². The monoisotopic (exact) mass is 193 g/mol. The van der Waals surface area contributed by atoms with Crippen molar-refractivity contribution in [2.45, 2.75) is 46.2 Å². The van der Waals surface area contributed by atoms with Gasteiger partial charge in [0.2, 0.25) is 5.91 Å². The van der Waals surface area contributed by atoms with Crippen LogP contribution < -0.4 is 0 Å². The fourth-order valence-electron chi connectivity index (χ4n) is 2.57. The molecule has 1 aliphatic heterocycles. The maximum absolute atomic E-state index is 11.8. The van der Waals surface area contributed by atoms with Gasteiger partial charge in [-0.1, -0.05) is 19.4 Å². The number of carbonyl (C=O) groups is 1. The Morgan fingerprint density at radius 1 is 1.36 bits per heavy atom. The van der Waals surface area contributed by atoms with E-state index >= 15 is 0 Å². The first-order chi connectivity index (χ1) is 6.52. The highest BCUT2D eigenvalue weighted by molar-refractivity contribution is 5.91. The summed E-state index contributed by atoms with van der Waals surface area (Å²) in [5, 5.41) is 0. The molecule has 1 aliphatic carbocycles. The highest BCUT2D eigenvalue weighted by atomic mass is 16.2. The Balaban J connectivity index is 2.23. The van der Waals surface area contributed by atoms with Crippen LogP contribution >= 0.6 is 0 Å². The summed E-state index contributed by atoms with van der Waals surface area (Å²) in [5.74, 6) is 1.43. The van der Waals surface area contributed by atoms with E-state index in [9.17, 15) is 4.79 Å². The molecule has 1 unspecified atom stereocenters. The van der Waals surface area contributed by atoms with Crippen molar-refractivity contribution >= 4 is 5.91 Å². The van der Waals surface area contributed by atoms with Gasteiger partial charge in [-0.15, -0.1) is 0 Å². The average molecular weight is 193 g/mol. The van der Waals surface area contributed by atoms with Gasteiger partial charge in [-0.05, 0) is 26.2 Å². The Bertz CT molecular complexity index is 291. The third-order valence-corrected chi connectivity index (χ3v) is 3.31. The lowest BCUT2D eigenvalue weighted by Gasteiger charge is -2.30. The van der Waals surface area contributed by atoms with E-state index in [2.05, 4.69) is 27.7 Å². The predicted octanol–water partition coefficient (Wildman–Crippen LogP) is 2.21. The van der Waals surface area contributed by atoms with Gasteiger partial charge in [-0.2, -0.15) is 0 Å². The minimum absolute atomic E-state index is 0.224. The largest absolute Gasteiger partial charge is 0.333 e. The number of nitrogens with zero attached hydrogens (tertiary/aromatic N) is 1. The van der Waals surface area contributed by atoms with Crippen LogP contribution in [0.3, 0.4) is 0 Å². The zero-order valence-corrected chi connectivity index (χ0v) is 9.45. The summed E-state index contributed by atoms with van der Waals surface area (Å²) in [6, 6.07) is 0.868. The molecular formula is C12H19NO. The van der Waals surface area contributed by atoms with Gasteiger partial charge in [0.05, 0.1) is 0 Å². The molecular weight excluding hydrogens is 174 g/mol. The summed E-state index contributed by atoms with van der Waals surface area (Å²) in [6.45, 7) is 8.56. The molecule has 0 aromatic carbocycles. The number of amides is 1. The van der Waals surface area contributed by atoms with E-state index in [4.69, 9.17) is 0 Å². The molecule has 1 heterocycles. The summed E-state index contributed by atoms with van der Waals surface area (Å²) in [4.78, 5) is 13.9. The Morgan fingerprint density at radius 2 is 2.00 bits per heavy atom. The molecule has 0 bridgehead atoms. The summed E-state index contributed by atoms with van der Waals surface area (Å²) < 4.78 is 0. The summed E-state index contributed by atoms with van der Waals surface area (Å²) in [5.41, 5.74) is 1.37. The molecule has 2 rings (SSSR count). The summed E-state index contributed by atoms with van der Waals surface area (Å²) in [7, 11) is 0. The lowest BCUT2D eigenvalue weighted by molar-refractivity contribution is -0.129. The van der Waals surface area contributed by atoms with Crippen molar-refractivity contribution < 1.29 is 4.79 Å². The summed E-state index contributed by atoms with van der Waals surface area (Å²) in [6.07, 6.45) is 3.06. The molecule has 0 spiro atoms. The molecule has 0 aromatic heterocycles. The van der Waals surface area contributed by atoms with Crippen LogP contribution in [0.25, 0.3) is 0 Å². The van der Waals surface area contributed by atoms with E-state index in [1.54, 1.807) is 0 Å². The van der Waals surface area contributed by atoms with Crippen molar-refractivity contribution in [3.05, 3.63) is 11.6 Å². The molecule has 1 saturated carbocycles. The maximum atomic E-state index is 11.8. The van der Waals surface area contributed by atoms with Crippen LogP contribution in [0, 0.1) is 11.8 Å². The third-order valence-electron chi connectivity index (χ3n) is 3.31. The second-order valence-corrected chi connectivity index (χ2v) is 5.05. The van der Waals surface area contributed by atoms with Crippen LogP contribution in [0.5, 0.6) is 0 Å². The van der Waals surface area contributed by atoms with E-state index in [1.165, 1.54) is 12.0 Å². The summed E-state index contributed by atoms with van der Waals surface area (Å²) >= 11 is 0. The van der Waals surface area contributed by atoms with E-state index in [0.717, 1.165) is 0 Å². The molecule has 2 heteroatoms. The maximum Gasteiger partial charge on any atom is 0.247 e. The van der Waals surface area contributed by atoms with Crippen molar-refractivity contribution in [1.82, 2.24) is 4.90 Å². The molecule has 0 aromatic rings. The number of hydrogen-bond donors (Lipinski definition) is 0. The van der Waals surface area contributed by atoms with Crippen molar-refractivity contribution in [2.24, 2.45) is 11.8 Å². The zero-order valence-electron chi connectivity index (χ0n) is 9.45. The first kappa shape index (κ1) is 9.75. The molecule has 0 saturated heterocycles. The smallest absolute Gasteiger partial charge is 0.247 e. The molecule has 14 heavy (non-hydrogen) atoms. The second-order valence-electron chi connectivity index (χ2n) is 5.05. The molecule has 0 radical (unpaired) electrons. The van der Waals surface area contributed by atoms with Crippen molar-refractivity contribution in [3.8, 4) is 0 Å². The van der Waals surface area contributed by atoms with Gasteiger partial charge in [0.1, 0.15) is 0 Å². The first-order valence-corrected chi connectivity index (χ1v) is 5.56. The van der Waals surface area contributed by atoms with Crippen LogP contribution in [-0.2, 0) is 4.79 Å². The number of carbonyl (C=O) groups excluding carboxylic acids is 1. The van der Waals surface area contributed by atoms with Gasteiger partial charge < -0.3 is 4.90 Å². The highest BCUT2D eigenvalue weighted by Gasteiger charge is 2.49. The first-order valence-electron chi connectivity index (χ1n) is 5.56. The van der Waals surface area contributed by atoms with Crippen LogP contribution in [-0.4, -0.2) is 22.9 Å². The van der Waals surface area contributed by atoms with Gasteiger partial charge in [0.15, 0.2) is 0 Å². The average Bonchev–Trinajstić information content (AvgIpc) is 2.80. The third kappa shape index (κ3) is 1.37.